The van der Waals surface area contributed by atoms with Crippen LogP contribution >= 0.6 is 27.5 Å². The maximum absolute atomic E-state index is 12.2. The van der Waals surface area contributed by atoms with Crippen molar-refractivity contribution in [1.82, 2.24) is 0 Å². The van der Waals surface area contributed by atoms with Gasteiger partial charge < -0.3 is 9.84 Å². The highest BCUT2D eigenvalue weighted by Crippen LogP contribution is 2.34. The Morgan fingerprint density at radius 2 is 1.93 bits per heavy atom. The summed E-state index contributed by atoms with van der Waals surface area (Å²) in [6.07, 6.45) is -5.64. The highest BCUT2D eigenvalue weighted by Gasteiger charge is 2.27. The molecule has 0 saturated carbocycles. The molecule has 0 bridgehead atoms. The van der Waals surface area contributed by atoms with Gasteiger partial charge in [0.2, 0.25) is 0 Å². The first-order valence-corrected chi connectivity index (χ1v) is 10.1. The molecule has 29 heavy (non-hydrogen) atoms. The molecule has 2 aromatic carbocycles. The van der Waals surface area contributed by atoms with E-state index in [0.29, 0.717) is 21.7 Å². The van der Waals surface area contributed by atoms with E-state index in [9.17, 15) is 23.1 Å². The van der Waals surface area contributed by atoms with Crippen LogP contribution in [-0.4, -0.2) is 23.7 Å². The molecule has 0 aliphatic carbocycles. The summed E-state index contributed by atoms with van der Waals surface area (Å²) >= 11 is 9.80. The van der Waals surface area contributed by atoms with Crippen molar-refractivity contribution in [3.8, 4) is 11.5 Å². The fraction of sp³-hybridized carbons (Fsp3) is 0.381. The first-order chi connectivity index (χ1) is 13.5. The Morgan fingerprint density at radius 1 is 1.24 bits per heavy atom. The van der Waals surface area contributed by atoms with E-state index in [1.54, 1.807) is 12.1 Å². The number of halogens is 5. The molecular weight excluding hydrogens is 473 g/mol. The first-order valence-electron chi connectivity index (χ1n) is 8.97. The van der Waals surface area contributed by atoms with Crippen LogP contribution in [0.15, 0.2) is 34.8 Å². The van der Waals surface area contributed by atoms with Crippen molar-refractivity contribution >= 4 is 33.3 Å². The van der Waals surface area contributed by atoms with Gasteiger partial charge in [0.25, 0.3) is 0 Å². The van der Waals surface area contributed by atoms with Gasteiger partial charge in [-0.3, -0.25) is 4.79 Å². The summed E-state index contributed by atoms with van der Waals surface area (Å²) in [5, 5.41) is 10.4. The number of ketones is 1. The molecule has 0 radical (unpaired) electrons. The third-order valence-corrected chi connectivity index (χ3v) is 5.34. The van der Waals surface area contributed by atoms with E-state index >= 15 is 0 Å². The van der Waals surface area contributed by atoms with Crippen LogP contribution in [0, 0.1) is 0 Å². The molecule has 0 aliphatic heterocycles. The van der Waals surface area contributed by atoms with Gasteiger partial charge in [-0.05, 0) is 40.8 Å². The average molecular weight is 494 g/mol. The maximum atomic E-state index is 12.2. The molecule has 0 aliphatic rings. The number of alkyl halides is 3. The molecule has 2 rings (SSSR count). The Balaban J connectivity index is 2.08. The highest BCUT2D eigenvalue weighted by atomic mass is 79.9. The molecular formula is C21H21BrClF3O3. The Bertz CT molecular complexity index is 859. The number of hydrogen-bond acceptors (Lipinski definition) is 3. The normalized spacial score (nSPS) is 11.7. The molecule has 0 amide bonds. The Kier molecular flexibility index (Phi) is 8.00. The van der Waals surface area contributed by atoms with Gasteiger partial charge in [0.05, 0.1) is 6.42 Å². The van der Waals surface area contributed by atoms with E-state index < -0.39 is 31.4 Å². The molecule has 158 valence electrons. The van der Waals surface area contributed by atoms with E-state index in [1.165, 1.54) is 6.07 Å². The Morgan fingerprint density at radius 3 is 2.52 bits per heavy atom. The molecule has 0 unspecified atom stereocenters. The van der Waals surface area contributed by atoms with Crippen LogP contribution < -0.4 is 4.74 Å². The lowest BCUT2D eigenvalue weighted by Gasteiger charge is -2.14. The molecule has 1 N–H and O–H groups in total. The van der Waals surface area contributed by atoms with Crippen LogP contribution in [0.1, 0.15) is 49.3 Å². The molecule has 0 spiro atoms. The van der Waals surface area contributed by atoms with Crippen LogP contribution in [0.5, 0.6) is 11.5 Å². The Hall–Kier alpha value is -1.73. The zero-order valence-electron chi connectivity index (χ0n) is 15.9. The number of aromatic hydroxyl groups is 1. The fourth-order valence-electron chi connectivity index (χ4n) is 2.73. The minimum absolute atomic E-state index is 0.166. The maximum Gasteiger partial charge on any atom is 0.389 e. The van der Waals surface area contributed by atoms with E-state index in [-0.39, 0.29) is 11.7 Å². The lowest BCUT2D eigenvalue weighted by molar-refractivity contribution is -0.143. The zero-order chi connectivity index (χ0) is 21.8. The van der Waals surface area contributed by atoms with Gasteiger partial charge >= 0.3 is 6.18 Å². The molecule has 0 heterocycles. The van der Waals surface area contributed by atoms with Crippen LogP contribution in [0.3, 0.4) is 0 Å². The standard InChI is InChI=1S/C21H21BrClF3O3/c1-12(2)16-7-13(3-4-20(16)28)8-17-18(22)9-15(10-19(17)23)29-11-14(27)5-6-21(24,25)26/h3-4,7,9-10,12,28H,5-6,8,11H2,1-2H3. The second-order valence-corrected chi connectivity index (χ2v) is 8.29. The minimum atomic E-state index is -4.37. The summed E-state index contributed by atoms with van der Waals surface area (Å²) < 4.78 is 42.5. The minimum Gasteiger partial charge on any atom is -0.508 e. The van der Waals surface area contributed by atoms with E-state index in [2.05, 4.69) is 15.9 Å². The van der Waals surface area contributed by atoms with E-state index in [4.69, 9.17) is 16.3 Å². The summed E-state index contributed by atoms with van der Waals surface area (Å²) in [6.45, 7) is 3.53. The summed E-state index contributed by atoms with van der Waals surface area (Å²) in [5.74, 6) is 0.0656. The number of phenolic OH excluding ortho intramolecular Hbond substituents is 1. The second-order valence-electron chi connectivity index (χ2n) is 7.03. The van der Waals surface area contributed by atoms with Gasteiger partial charge in [-0.2, -0.15) is 13.2 Å². The fourth-order valence-corrected chi connectivity index (χ4v) is 3.70. The van der Waals surface area contributed by atoms with Gasteiger partial charge in [-0.25, -0.2) is 0 Å². The van der Waals surface area contributed by atoms with Crippen molar-refractivity contribution in [2.45, 2.75) is 45.2 Å². The number of phenols is 1. The lowest BCUT2D eigenvalue weighted by Crippen LogP contribution is -2.16. The van der Waals surface area contributed by atoms with Gasteiger partial charge in [0, 0.05) is 22.3 Å². The van der Waals surface area contributed by atoms with Crippen molar-refractivity contribution in [2.24, 2.45) is 0 Å². The third-order valence-electron chi connectivity index (χ3n) is 4.30. The van der Waals surface area contributed by atoms with Crippen molar-refractivity contribution in [3.63, 3.8) is 0 Å². The third kappa shape index (κ3) is 7.23. The van der Waals surface area contributed by atoms with Gasteiger partial charge in [-0.1, -0.05) is 53.5 Å². The highest BCUT2D eigenvalue weighted by molar-refractivity contribution is 9.10. The summed E-state index contributed by atoms with van der Waals surface area (Å²) in [7, 11) is 0. The van der Waals surface area contributed by atoms with Crippen molar-refractivity contribution < 1.29 is 27.8 Å². The molecule has 0 atom stereocenters. The summed E-state index contributed by atoms with van der Waals surface area (Å²) in [4.78, 5) is 11.6. The van der Waals surface area contributed by atoms with Crippen molar-refractivity contribution in [2.75, 3.05) is 6.61 Å². The zero-order valence-corrected chi connectivity index (χ0v) is 18.3. The largest absolute Gasteiger partial charge is 0.508 e. The van der Waals surface area contributed by atoms with Crippen LogP contribution in [0.4, 0.5) is 13.2 Å². The van der Waals surface area contributed by atoms with Crippen LogP contribution in [0.2, 0.25) is 5.02 Å². The van der Waals surface area contributed by atoms with Crippen LogP contribution in [0.25, 0.3) is 0 Å². The molecule has 2 aromatic rings. The number of benzene rings is 2. The summed E-state index contributed by atoms with van der Waals surface area (Å²) in [5.41, 5.74) is 2.60. The number of ether oxygens (including phenoxy) is 1. The first kappa shape index (κ1) is 23.5. The van der Waals surface area contributed by atoms with Crippen molar-refractivity contribution in [3.05, 3.63) is 56.5 Å². The van der Waals surface area contributed by atoms with Gasteiger partial charge in [0.1, 0.15) is 18.1 Å². The number of Topliss-reactive ketones (excluding diaryl/α,β-unsaturated/α-hetero) is 1. The lowest BCUT2D eigenvalue weighted by atomic mass is 9.96. The predicted molar refractivity (Wildman–Crippen MR) is 110 cm³/mol. The van der Waals surface area contributed by atoms with E-state index in [0.717, 1.165) is 16.7 Å². The Labute approximate surface area is 181 Å². The smallest absolute Gasteiger partial charge is 0.389 e. The number of carbonyl (C=O) groups is 1. The van der Waals surface area contributed by atoms with Gasteiger partial charge in [-0.15, -0.1) is 0 Å². The van der Waals surface area contributed by atoms with Crippen LogP contribution in [-0.2, 0) is 11.2 Å². The topological polar surface area (TPSA) is 46.5 Å². The van der Waals surface area contributed by atoms with E-state index in [1.807, 2.05) is 26.0 Å². The predicted octanol–water partition coefficient (Wildman–Crippen LogP) is 6.81. The molecule has 8 heteroatoms. The molecule has 0 saturated heterocycles. The molecule has 0 fully saturated rings. The number of hydrogen-bond donors (Lipinski definition) is 1. The van der Waals surface area contributed by atoms with Gasteiger partial charge in [0.15, 0.2) is 5.78 Å². The number of carbonyl (C=O) groups excluding carboxylic acids is 1. The molecule has 3 nitrogen and oxygen atoms in total. The second kappa shape index (κ2) is 9.85. The summed E-state index contributed by atoms with van der Waals surface area (Å²) in [6, 6.07) is 8.54. The van der Waals surface area contributed by atoms with Crippen molar-refractivity contribution in [1.29, 1.82) is 0 Å². The quantitative estimate of drug-likeness (QED) is 0.439. The molecule has 0 aromatic heterocycles. The monoisotopic (exact) mass is 492 g/mol. The number of rotatable bonds is 8. The average Bonchev–Trinajstić information content (AvgIpc) is 2.61. The SMILES string of the molecule is CC(C)c1cc(Cc2c(Cl)cc(OCC(=O)CCC(F)(F)F)cc2Br)ccc1O.